The summed E-state index contributed by atoms with van der Waals surface area (Å²) in [7, 11) is 0. The van der Waals surface area contributed by atoms with E-state index in [1.807, 2.05) is 13.8 Å². The molecule has 0 unspecified atom stereocenters. The van der Waals surface area contributed by atoms with Crippen LogP contribution in [-0.4, -0.2) is 17.9 Å². The van der Waals surface area contributed by atoms with Gasteiger partial charge >= 0.3 is 6.18 Å². The molecule has 4 nitrogen and oxygen atoms in total. The molecule has 126 valence electrons. The molecule has 1 aliphatic heterocycles. The Morgan fingerprint density at radius 2 is 2.04 bits per heavy atom. The monoisotopic (exact) mass is 328 g/mol. The van der Waals surface area contributed by atoms with E-state index in [1.165, 1.54) is 6.07 Å². The third-order valence-electron chi connectivity index (χ3n) is 3.85. The first kappa shape index (κ1) is 17.3. The summed E-state index contributed by atoms with van der Waals surface area (Å²) in [6, 6.07) is 3.78. The van der Waals surface area contributed by atoms with Gasteiger partial charge in [0.05, 0.1) is 11.6 Å². The van der Waals surface area contributed by atoms with Crippen molar-refractivity contribution in [1.29, 1.82) is 0 Å². The van der Waals surface area contributed by atoms with E-state index in [4.69, 9.17) is 0 Å². The molecule has 2 rings (SSSR count). The highest BCUT2D eigenvalue weighted by atomic mass is 19.4. The molecular weight excluding hydrogens is 309 g/mol. The molecule has 1 heterocycles. The summed E-state index contributed by atoms with van der Waals surface area (Å²) in [5, 5.41) is 5.31. The number of hydrogen-bond acceptors (Lipinski definition) is 2. The van der Waals surface area contributed by atoms with Gasteiger partial charge in [0, 0.05) is 6.42 Å². The van der Waals surface area contributed by atoms with E-state index in [1.54, 1.807) is 6.07 Å². The minimum atomic E-state index is -4.43. The van der Waals surface area contributed by atoms with Crippen LogP contribution in [0.1, 0.15) is 43.9 Å². The zero-order chi connectivity index (χ0) is 17.2. The number of benzene rings is 1. The summed E-state index contributed by atoms with van der Waals surface area (Å²) in [6.45, 7) is 3.64. The highest BCUT2D eigenvalue weighted by Crippen LogP contribution is 2.32. The first-order chi connectivity index (χ1) is 10.7. The fourth-order valence-corrected chi connectivity index (χ4v) is 2.61. The van der Waals surface area contributed by atoms with Gasteiger partial charge in [0.1, 0.15) is 6.04 Å². The van der Waals surface area contributed by atoms with Gasteiger partial charge in [-0.25, -0.2) is 0 Å². The molecule has 0 saturated carbocycles. The lowest BCUT2D eigenvalue weighted by molar-refractivity contribution is -0.137. The summed E-state index contributed by atoms with van der Waals surface area (Å²) in [5.74, 6) is -0.656. The highest BCUT2D eigenvalue weighted by molar-refractivity contribution is 5.90. The second-order valence-electron chi connectivity index (χ2n) is 6.01. The number of hydrogen-bond donors (Lipinski definition) is 2. The standard InChI is InChI=1S/C16H19F3N2O2/c1-9(2)14(21-15(23)12-6-7-13(22)20-12)10-4-3-5-11(8-10)16(17,18)19/h3-5,8-9,12,14H,6-7H2,1-2H3,(H,20,22)(H,21,23)/t12-,14-/m1/s1. The van der Waals surface area contributed by atoms with Crippen molar-refractivity contribution in [2.24, 2.45) is 5.92 Å². The van der Waals surface area contributed by atoms with Crippen molar-refractivity contribution in [3.63, 3.8) is 0 Å². The largest absolute Gasteiger partial charge is 0.416 e. The average Bonchev–Trinajstić information content (AvgIpc) is 2.90. The lowest BCUT2D eigenvalue weighted by atomic mass is 9.94. The molecule has 0 bridgehead atoms. The Kier molecular flexibility index (Phi) is 4.97. The SMILES string of the molecule is CC(C)[C@@H](NC(=O)[C@H]1CCC(=O)N1)c1cccc(C(F)(F)F)c1. The van der Waals surface area contributed by atoms with Crippen molar-refractivity contribution in [2.75, 3.05) is 0 Å². The molecule has 2 amide bonds. The number of carbonyl (C=O) groups excluding carboxylic acids is 2. The Morgan fingerprint density at radius 3 is 2.57 bits per heavy atom. The molecule has 1 aliphatic rings. The van der Waals surface area contributed by atoms with Gasteiger partial charge in [-0.2, -0.15) is 13.2 Å². The second-order valence-corrected chi connectivity index (χ2v) is 6.01. The second kappa shape index (κ2) is 6.60. The molecule has 0 aromatic heterocycles. The fraction of sp³-hybridized carbons (Fsp3) is 0.500. The van der Waals surface area contributed by atoms with Crippen LogP contribution in [0, 0.1) is 5.92 Å². The normalized spacial score (nSPS) is 19.6. The molecule has 23 heavy (non-hydrogen) atoms. The smallest absolute Gasteiger partial charge is 0.347 e. The zero-order valence-electron chi connectivity index (χ0n) is 12.9. The molecule has 1 saturated heterocycles. The Morgan fingerprint density at radius 1 is 1.35 bits per heavy atom. The van der Waals surface area contributed by atoms with Crippen LogP contribution in [0.15, 0.2) is 24.3 Å². The number of nitrogens with one attached hydrogen (secondary N) is 2. The van der Waals surface area contributed by atoms with E-state index < -0.39 is 23.8 Å². The first-order valence-electron chi connectivity index (χ1n) is 7.45. The van der Waals surface area contributed by atoms with Gasteiger partial charge < -0.3 is 10.6 Å². The van der Waals surface area contributed by atoms with Gasteiger partial charge in [-0.15, -0.1) is 0 Å². The van der Waals surface area contributed by atoms with Gasteiger partial charge in [0.15, 0.2) is 0 Å². The van der Waals surface area contributed by atoms with E-state index >= 15 is 0 Å². The number of alkyl halides is 3. The van der Waals surface area contributed by atoms with Gasteiger partial charge in [-0.3, -0.25) is 9.59 Å². The van der Waals surface area contributed by atoms with E-state index in [2.05, 4.69) is 10.6 Å². The molecule has 1 aromatic carbocycles. The quantitative estimate of drug-likeness (QED) is 0.893. The lowest BCUT2D eigenvalue weighted by Crippen LogP contribution is -2.44. The van der Waals surface area contributed by atoms with Crippen LogP contribution in [0.4, 0.5) is 13.2 Å². The van der Waals surface area contributed by atoms with Crippen molar-refractivity contribution >= 4 is 11.8 Å². The lowest BCUT2D eigenvalue weighted by Gasteiger charge is -2.25. The molecule has 0 aliphatic carbocycles. The van der Waals surface area contributed by atoms with Gasteiger partial charge in [-0.05, 0) is 30.0 Å². The van der Waals surface area contributed by atoms with E-state index in [-0.39, 0.29) is 24.2 Å². The summed E-state index contributed by atoms with van der Waals surface area (Å²) < 4.78 is 38.5. The van der Waals surface area contributed by atoms with Crippen LogP contribution < -0.4 is 10.6 Å². The highest BCUT2D eigenvalue weighted by Gasteiger charge is 2.33. The van der Waals surface area contributed by atoms with Crippen LogP contribution in [0.3, 0.4) is 0 Å². The fourth-order valence-electron chi connectivity index (χ4n) is 2.61. The average molecular weight is 328 g/mol. The number of amides is 2. The van der Waals surface area contributed by atoms with Crippen molar-refractivity contribution in [1.82, 2.24) is 10.6 Å². The van der Waals surface area contributed by atoms with E-state index in [0.29, 0.717) is 12.0 Å². The topological polar surface area (TPSA) is 58.2 Å². The summed E-state index contributed by atoms with van der Waals surface area (Å²) in [4.78, 5) is 23.4. The van der Waals surface area contributed by atoms with Crippen molar-refractivity contribution in [2.45, 2.75) is 44.9 Å². The van der Waals surface area contributed by atoms with E-state index in [0.717, 1.165) is 12.1 Å². The summed E-state index contributed by atoms with van der Waals surface area (Å²) in [6.07, 6.45) is -3.74. The third-order valence-corrected chi connectivity index (χ3v) is 3.85. The molecule has 1 aromatic rings. The van der Waals surface area contributed by atoms with Crippen LogP contribution >= 0.6 is 0 Å². The maximum absolute atomic E-state index is 12.8. The number of carbonyl (C=O) groups is 2. The molecule has 1 fully saturated rings. The third kappa shape index (κ3) is 4.24. The molecule has 0 radical (unpaired) electrons. The molecule has 0 spiro atoms. The predicted octanol–water partition coefficient (Wildman–Crippen LogP) is 2.80. The molecule has 2 atom stereocenters. The van der Waals surface area contributed by atoms with Crippen LogP contribution in [0.5, 0.6) is 0 Å². The number of rotatable bonds is 4. The molecular formula is C16H19F3N2O2. The first-order valence-corrected chi connectivity index (χ1v) is 7.45. The van der Waals surface area contributed by atoms with Gasteiger partial charge in [0.2, 0.25) is 11.8 Å². The summed E-state index contributed by atoms with van der Waals surface area (Å²) >= 11 is 0. The van der Waals surface area contributed by atoms with Gasteiger partial charge in [0.25, 0.3) is 0 Å². The van der Waals surface area contributed by atoms with Crippen molar-refractivity contribution in [3.05, 3.63) is 35.4 Å². The maximum atomic E-state index is 12.8. The van der Waals surface area contributed by atoms with Crippen molar-refractivity contribution < 1.29 is 22.8 Å². The Bertz CT molecular complexity index is 599. The Balaban J connectivity index is 2.18. The predicted molar refractivity (Wildman–Crippen MR) is 78.3 cm³/mol. The van der Waals surface area contributed by atoms with E-state index in [9.17, 15) is 22.8 Å². The van der Waals surface area contributed by atoms with Crippen LogP contribution in [-0.2, 0) is 15.8 Å². The zero-order valence-corrected chi connectivity index (χ0v) is 12.9. The molecule has 2 N–H and O–H groups in total. The van der Waals surface area contributed by atoms with Crippen molar-refractivity contribution in [3.8, 4) is 0 Å². The number of halogens is 3. The minimum absolute atomic E-state index is 0.0976. The minimum Gasteiger partial charge on any atom is -0.347 e. The Hall–Kier alpha value is -2.05. The van der Waals surface area contributed by atoms with Gasteiger partial charge in [-0.1, -0.05) is 26.0 Å². The van der Waals surface area contributed by atoms with Crippen LogP contribution in [0.25, 0.3) is 0 Å². The van der Waals surface area contributed by atoms with Crippen LogP contribution in [0.2, 0.25) is 0 Å². The Labute approximate surface area is 132 Å². The summed E-state index contributed by atoms with van der Waals surface area (Å²) in [5.41, 5.74) is -0.350. The maximum Gasteiger partial charge on any atom is 0.416 e. The molecule has 7 heteroatoms.